The zero-order valence-electron chi connectivity index (χ0n) is 10.8. The molecule has 2 atom stereocenters. The van der Waals surface area contributed by atoms with E-state index in [4.69, 9.17) is 0 Å². The summed E-state index contributed by atoms with van der Waals surface area (Å²) in [7, 11) is 0. The number of halogens is 1. The standard InChI is InChI=1S/C14H21FN2/c1-4-7-16-14-9(2)13(10(14)3)12-6-5-11(15)8-17-12/h5-6,8-10,13-14,16H,4,7H2,1-3H3. The van der Waals surface area contributed by atoms with Gasteiger partial charge in [0.1, 0.15) is 5.82 Å². The second-order valence-corrected chi connectivity index (χ2v) is 5.13. The van der Waals surface area contributed by atoms with Gasteiger partial charge in [0.2, 0.25) is 0 Å². The fraction of sp³-hybridized carbons (Fsp3) is 0.643. The minimum Gasteiger partial charge on any atom is -0.313 e. The topological polar surface area (TPSA) is 24.9 Å². The summed E-state index contributed by atoms with van der Waals surface area (Å²) in [4.78, 5) is 4.21. The first-order valence-electron chi connectivity index (χ1n) is 6.50. The average Bonchev–Trinajstić information content (AvgIpc) is 2.33. The van der Waals surface area contributed by atoms with Crippen molar-refractivity contribution >= 4 is 0 Å². The Bertz CT molecular complexity index is 353. The molecule has 1 aliphatic rings. The maximum Gasteiger partial charge on any atom is 0.141 e. The molecule has 1 saturated carbocycles. The predicted molar refractivity (Wildman–Crippen MR) is 67.3 cm³/mol. The van der Waals surface area contributed by atoms with Gasteiger partial charge in [-0.15, -0.1) is 0 Å². The average molecular weight is 236 g/mol. The molecular formula is C14H21FN2. The summed E-state index contributed by atoms with van der Waals surface area (Å²) in [5, 5.41) is 3.58. The van der Waals surface area contributed by atoms with Gasteiger partial charge >= 0.3 is 0 Å². The Morgan fingerprint density at radius 3 is 2.53 bits per heavy atom. The number of nitrogens with zero attached hydrogens (tertiary/aromatic N) is 1. The normalized spacial score (nSPS) is 32.2. The fourth-order valence-corrected chi connectivity index (χ4v) is 3.06. The van der Waals surface area contributed by atoms with Gasteiger partial charge in [-0.2, -0.15) is 0 Å². The Hall–Kier alpha value is -0.960. The quantitative estimate of drug-likeness (QED) is 0.869. The lowest BCUT2D eigenvalue weighted by Gasteiger charge is -2.49. The smallest absolute Gasteiger partial charge is 0.141 e. The number of hydrogen-bond acceptors (Lipinski definition) is 2. The van der Waals surface area contributed by atoms with Crippen molar-refractivity contribution in [1.82, 2.24) is 10.3 Å². The summed E-state index contributed by atoms with van der Waals surface area (Å²) in [5.74, 6) is 1.36. The maximum absolute atomic E-state index is 12.8. The number of hydrogen-bond donors (Lipinski definition) is 1. The molecule has 1 aromatic heterocycles. The van der Waals surface area contributed by atoms with E-state index < -0.39 is 0 Å². The fourth-order valence-electron chi connectivity index (χ4n) is 3.06. The lowest BCUT2D eigenvalue weighted by atomic mass is 9.61. The van der Waals surface area contributed by atoms with E-state index in [-0.39, 0.29) is 5.82 Å². The molecule has 0 aliphatic heterocycles. The third-order valence-electron chi connectivity index (χ3n) is 3.99. The molecule has 0 bridgehead atoms. The van der Waals surface area contributed by atoms with Gasteiger partial charge in [0.25, 0.3) is 0 Å². The summed E-state index contributed by atoms with van der Waals surface area (Å²) in [6.45, 7) is 7.76. The number of aromatic nitrogens is 1. The molecule has 2 unspecified atom stereocenters. The summed E-state index contributed by atoms with van der Waals surface area (Å²) in [6.07, 6.45) is 2.48. The highest BCUT2D eigenvalue weighted by Gasteiger charge is 2.45. The van der Waals surface area contributed by atoms with Crippen molar-refractivity contribution in [3.05, 3.63) is 29.8 Å². The lowest BCUT2D eigenvalue weighted by Crippen LogP contribution is -2.55. The van der Waals surface area contributed by atoms with E-state index in [0.717, 1.165) is 18.7 Å². The van der Waals surface area contributed by atoms with Gasteiger partial charge < -0.3 is 5.32 Å². The van der Waals surface area contributed by atoms with Crippen LogP contribution in [0.25, 0.3) is 0 Å². The van der Waals surface area contributed by atoms with Gasteiger partial charge in [-0.3, -0.25) is 4.98 Å². The molecule has 0 radical (unpaired) electrons. The molecule has 3 heteroatoms. The van der Waals surface area contributed by atoms with E-state index in [1.54, 1.807) is 0 Å². The Morgan fingerprint density at radius 1 is 1.29 bits per heavy atom. The van der Waals surface area contributed by atoms with Crippen molar-refractivity contribution in [2.75, 3.05) is 6.54 Å². The molecule has 94 valence electrons. The first kappa shape index (κ1) is 12.5. The molecule has 0 spiro atoms. The van der Waals surface area contributed by atoms with E-state index in [9.17, 15) is 4.39 Å². The van der Waals surface area contributed by atoms with Crippen LogP contribution in [0.15, 0.2) is 18.3 Å². The second kappa shape index (κ2) is 5.13. The molecule has 1 aromatic rings. The number of rotatable bonds is 4. The predicted octanol–water partition coefficient (Wildman–Crippen LogP) is 2.96. The van der Waals surface area contributed by atoms with Crippen LogP contribution in [0.4, 0.5) is 4.39 Å². The molecule has 2 rings (SSSR count). The highest BCUT2D eigenvalue weighted by molar-refractivity contribution is 5.19. The zero-order chi connectivity index (χ0) is 12.4. The summed E-state index contributed by atoms with van der Waals surface area (Å²) in [5.41, 5.74) is 1.03. The van der Waals surface area contributed by atoms with Gasteiger partial charge in [0.15, 0.2) is 0 Å². The largest absolute Gasteiger partial charge is 0.313 e. The second-order valence-electron chi connectivity index (χ2n) is 5.13. The third-order valence-corrected chi connectivity index (χ3v) is 3.99. The van der Waals surface area contributed by atoms with Crippen molar-refractivity contribution in [3.8, 4) is 0 Å². The summed E-state index contributed by atoms with van der Waals surface area (Å²) < 4.78 is 12.8. The van der Waals surface area contributed by atoms with E-state index in [1.807, 2.05) is 6.07 Å². The third kappa shape index (κ3) is 2.34. The molecule has 0 aromatic carbocycles. The van der Waals surface area contributed by atoms with Crippen LogP contribution < -0.4 is 5.32 Å². The number of nitrogens with one attached hydrogen (secondary N) is 1. The van der Waals surface area contributed by atoms with Crippen LogP contribution in [-0.2, 0) is 0 Å². The molecule has 2 nitrogen and oxygen atoms in total. The zero-order valence-corrected chi connectivity index (χ0v) is 10.8. The van der Waals surface area contributed by atoms with Crippen LogP contribution >= 0.6 is 0 Å². The van der Waals surface area contributed by atoms with E-state index in [0.29, 0.717) is 23.8 Å². The van der Waals surface area contributed by atoms with Crippen molar-refractivity contribution in [3.63, 3.8) is 0 Å². The first-order valence-corrected chi connectivity index (χ1v) is 6.50. The van der Waals surface area contributed by atoms with Crippen LogP contribution in [0.5, 0.6) is 0 Å². The molecule has 1 aliphatic carbocycles. The molecular weight excluding hydrogens is 215 g/mol. The van der Waals surface area contributed by atoms with Gasteiger partial charge in [0.05, 0.1) is 6.20 Å². The van der Waals surface area contributed by atoms with Gasteiger partial charge in [-0.05, 0) is 36.9 Å². The van der Waals surface area contributed by atoms with Crippen LogP contribution in [0.2, 0.25) is 0 Å². The molecule has 1 fully saturated rings. The SMILES string of the molecule is CCCNC1C(C)C(c2ccc(F)cn2)C1C. The van der Waals surface area contributed by atoms with Gasteiger partial charge in [-0.1, -0.05) is 20.8 Å². The minimum absolute atomic E-state index is 0.256. The lowest BCUT2D eigenvalue weighted by molar-refractivity contribution is 0.0939. The van der Waals surface area contributed by atoms with Crippen LogP contribution in [0, 0.1) is 17.7 Å². The van der Waals surface area contributed by atoms with Crippen molar-refractivity contribution in [2.45, 2.75) is 39.2 Å². The van der Waals surface area contributed by atoms with Gasteiger partial charge in [0, 0.05) is 17.7 Å². The highest BCUT2D eigenvalue weighted by atomic mass is 19.1. The maximum atomic E-state index is 12.8. The van der Waals surface area contributed by atoms with Crippen LogP contribution in [-0.4, -0.2) is 17.6 Å². The van der Waals surface area contributed by atoms with E-state index in [2.05, 4.69) is 31.1 Å². The van der Waals surface area contributed by atoms with Crippen molar-refractivity contribution in [2.24, 2.45) is 11.8 Å². The molecule has 0 amide bonds. The molecule has 17 heavy (non-hydrogen) atoms. The number of pyridine rings is 1. The molecule has 1 N–H and O–H groups in total. The van der Waals surface area contributed by atoms with Crippen molar-refractivity contribution < 1.29 is 4.39 Å². The molecule has 1 heterocycles. The van der Waals surface area contributed by atoms with E-state index >= 15 is 0 Å². The summed E-state index contributed by atoms with van der Waals surface area (Å²) >= 11 is 0. The summed E-state index contributed by atoms with van der Waals surface area (Å²) in [6, 6.07) is 3.91. The Labute approximate surface area is 103 Å². The van der Waals surface area contributed by atoms with Gasteiger partial charge in [-0.25, -0.2) is 4.39 Å². The van der Waals surface area contributed by atoms with Crippen molar-refractivity contribution in [1.29, 1.82) is 0 Å². The Kier molecular flexibility index (Phi) is 3.77. The van der Waals surface area contributed by atoms with Crippen LogP contribution in [0.3, 0.4) is 0 Å². The highest BCUT2D eigenvalue weighted by Crippen LogP contribution is 2.46. The Balaban J connectivity index is 2.02. The minimum atomic E-state index is -0.256. The monoisotopic (exact) mass is 236 g/mol. The first-order chi connectivity index (χ1) is 8.15. The van der Waals surface area contributed by atoms with E-state index in [1.165, 1.54) is 12.3 Å². The van der Waals surface area contributed by atoms with Crippen LogP contribution in [0.1, 0.15) is 38.8 Å². The Morgan fingerprint density at radius 2 is 2.00 bits per heavy atom. The molecule has 0 saturated heterocycles.